The van der Waals surface area contributed by atoms with Crippen molar-refractivity contribution in [2.75, 3.05) is 12.4 Å². The Hall–Kier alpha value is -2.54. The molecule has 7 heteroatoms. The van der Waals surface area contributed by atoms with E-state index in [-0.39, 0.29) is 18.2 Å². The molecule has 0 unspecified atom stereocenters. The van der Waals surface area contributed by atoms with Crippen molar-refractivity contribution >= 4 is 23.6 Å². The van der Waals surface area contributed by atoms with Crippen LogP contribution in [0.15, 0.2) is 47.4 Å². The second kappa shape index (κ2) is 9.08. The number of nitrogens with one attached hydrogen (secondary N) is 2. The smallest absolute Gasteiger partial charge is 0.276 e. The Kier molecular flexibility index (Phi) is 6.82. The highest BCUT2D eigenvalue weighted by atomic mass is 32.2. The van der Waals surface area contributed by atoms with Crippen molar-refractivity contribution in [3.63, 3.8) is 0 Å². The van der Waals surface area contributed by atoms with Gasteiger partial charge in [0.2, 0.25) is 5.91 Å². The molecule has 0 spiro atoms. The van der Waals surface area contributed by atoms with Gasteiger partial charge in [-0.1, -0.05) is 30.3 Å². The molecule has 2 amide bonds. The minimum Gasteiger partial charge on any atom is -0.483 e. The van der Waals surface area contributed by atoms with Gasteiger partial charge in [-0.2, -0.15) is 0 Å². The molecule has 0 aromatic heterocycles. The van der Waals surface area contributed by atoms with Gasteiger partial charge in [-0.15, -0.1) is 11.8 Å². The Balaban J connectivity index is 1.72. The summed E-state index contributed by atoms with van der Waals surface area (Å²) >= 11 is 1.05. The summed E-state index contributed by atoms with van der Waals surface area (Å²) in [5, 5.41) is 0. The maximum absolute atomic E-state index is 13.4. The number of ether oxygens (including phenoxy) is 1. The fraction of sp³-hybridized carbons (Fsp3) is 0.222. The largest absolute Gasteiger partial charge is 0.483 e. The van der Waals surface area contributed by atoms with Gasteiger partial charge in [-0.25, -0.2) is 4.39 Å². The van der Waals surface area contributed by atoms with Crippen molar-refractivity contribution in [2.45, 2.75) is 18.7 Å². The number of carbonyl (C=O) groups is 2. The number of para-hydroxylation sites is 1. The molecule has 0 aliphatic rings. The number of carbonyl (C=O) groups excluding carboxylic acids is 2. The molecule has 0 atom stereocenters. The summed E-state index contributed by atoms with van der Waals surface area (Å²) in [5.74, 6) is -0.662. The molecular formula is C18H19FN2O3S. The highest BCUT2D eigenvalue weighted by Gasteiger charge is 2.10. The van der Waals surface area contributed by atoms with Crippen LogP contribution < -0.4 is 15.6 Å². The number of benzene rings is 2. The molecule has 0 aliphatic heterocycles. The lowest BCUT2D eigenvalue weighted by atomic mass is 10.1. The maximum Gasteiger partial charge on any atom is 0.276 e. The number of hydrazine groups is 1. The topological polar surface area (TPSA) is 67.4 Å². The molecule has 0 saturated carbocycles. The van der Waals surface area contributed by atoms with E-state index in [2.05, 4.69) is 10.9 Å². The van der Waals surface area contributed by atoms with E-state index in [0.717, 1.165) is 22.9 Å². The molecule has 25 heavy (non-hydrogen) atoms. The number of halogens is 1. The van der Waals surface area contributed by atoms with Crippen LogP contribution in [0.3, 0.4) is 0 Å². The van der Waals surface area contributed by atoms with Gasteiger partial charge in [0, 0.05) is 4.90 Å². The summed E-state index contributed by atoms with van der Waals surface area (Å²) in [6.45, 7) is 3.57. The van der Waals surface area contributed by atoms with E-state index in [4.69, 9.17) is 4.74 Å². The monoisotopic (exact) mass is 362 g/mol. The van der Waals surface area contributed by atoms with Crippen molar-refractivity contribution in [1.29, 1.82) is 0 Å². The van der Waals surface area contributed by atoms with Crippen molar-refractivity contribution in [3.05, 3.63) is 59.4 Å². The minimum absolute atomic E-state index is 0.0149. The van der Waals surface area contributed by atoms with E-state index in [1.165, 1.54) is 6.07 Å². The van der Waals surface area contributed by atoms with Crippen molar-refractivity contribution in [3.8, 4) is 5.75 Å². The Morgan fingerprint density at radius 2 is 1.64 bits per heavy atom. The van der Waals surface area contributed by atoms with Crippen LogP contribution in [0, 0.1) is 19.7 Å². The van der Waals surface area contributed by atoms with Crippen LogP contribution >= 0.6 is 11.8 Å². The molecule has 0 saturated heterocycles. The van der Waals surface area contributed by atoms with E-state index in [9.17, 15) is 14.0 Å². The average Bonchev–Trinajstić information content (AvgIpc) is 2.59. The van der Waals surface area contributed by atoms with Gasteiger partial charge < -0.3 is 4.74 Å². The molecule has 132 valence electrons. The molecule has 0 radical (unpaired) electrons. The lowest BCUT2D eigenvalue weighted by molar-refractivity contribution is -0.128. The lowest BCUT2D eigenvalue weighted by Gasteiger charge is -2.12. The number of aryl methyl sites for hydroxylation is 2. The molecule has 0 heterocycles. The van der Waals surface area contributed by atoms with E-state index in [1.807, 2.05) is 32.0 Å². The number of amides is 2. The van der Waals surface area contributed by atoms with Gasteiger partial charge in [0.1, 0.15) is 11.6 Å². The Morgan fingerprint density at radius 1 is 1.00 bits per heavy atom. The molecule has 2 aromatic rings. The average molecular weight is 362 g/mol. The number of hydrogen-bond acceptors (Lipinski definition) is 4. The van der Waals surface area contributed by atoms with Crippen LogP contribution in [0.5, 0.6) is 5.75 Å². The van der Waals surface area contributed by atoms with E-state index >= 15 is 0 Å². The van der Waals surface area contributed by atoms with Crippen molar-refractivity contribution < 1.29 is 18.7 Å². The van der Waals surface area contributed by atoms with Crippen LogP contribution in [0.25, 0.3) is 0 Å². The molecule has 0 bridgehead atoms. The highest BCUT2D eigenvalue weighted by Crippen LogP contribution is 2.22. The first kappa shape index (κ1) is 18.8. The predicted octanol–water partition coefficient (Wildman–Crippen LogP) is 2.76. The van der Waals surface area contributed by atoms with Gasteiger partial charge in [-0.05, 0) is 37.1 Å². The van der Waals surface area contributed by atoms with Gasteiger partial charge >= 0.3 is 0 Å². The third-order valence-corrected chi connectivity index (χ3v) is 4.34. The van der Waals surface area contributed by atoms with Gasteiger partial charge in [0.25, 0.3) is 5.91 Å². The molecule has 0 aliphatic carbocycles. The summed E-state index contributed by atoms with van der Waals surface area (Å²) in [5.41, 5.74) is 6.41. The lowest BCUT2D eigenvalue weighted by Crippen LogP contribution is -2.44. The quantitative estimate of drug-likeness (QED) is 0.613. The van der Waals surface area contributed by atoms with Crippen molar-refractivity contribution in [1.82, 2.24) is 10.9 Å². The SMILES string of the molecule is Cc1cccc(C)c1OCC(=O)NNC(=O)CSc1ccccc1F. The predicted molar refractivity (Wildman–Crippen MR) is 94.8 cm³/mol. The first-order valence-electron chi connectivity index (χ1n) is 7.61. The van der Waals surface area contributed by atoms with Crippen LogP contribution in [-0.2, 0) is 9.59 Å². The molecule has 5 nitrogen and oxygen atoms in total. The summed E-state index contributed by atoms with van der Waals surface area (Å²) in [6.07, 6.45) is 0. The molecule has 2 aromatic carbocycles. The van der Waals surface area contributed by atoms with Crippen molar-refractivity contribution in [2.24, 2.45) is 0 Å². The standard InChI is InChI=1S/C18H19FN2O3S/c1-12-6-5-7-13(2)18(12)24-10-16(22)20-21-17(23)11-25-15-9-4-3-8-14(15)19/h3-9H,10-11H2,1-2H3,(H,20,22)(H,21,23). The third-order valence-electron chi connectivity index (χ3n) is 3.29. The first-order valence-corrected chi connectivity index (χ1v) is 8.60. The molecule has 0 fully saturated rings. The van der Waals surface area contributed by atoms with E-state index < -0.39 is 11.8 Å². The fourth-order valence-corrected chi connectivity index (χ4v) is 2.82. The zero-order valence-corrected chi connectivity index (χ0v) is 14.8. The zero-order chi connectivity index (χ0) is 18.2. The maximum atomic E-state index is 13.4. The van der Waals surface area contributed by atoms with Crippen LogP contribution in [0.4, 0.5) is 4.39 Å². The Morgan fingerprint density at radius 3 is 2.32 bits per heavy atom. The normalized spacial score (nSPS) is 10.2. The van der Waals surface area contributed by atoms with Gasteiger partial charge in [0.15, 0.2) is 6.61 Å². The first-order chi connectivity index (χ1) is 12.0. The van der Waals surface area contributed by atoms with E-state index in [1.54, 1.807) is 18.2 Å². The third kappa shape index (κ3) is 5.79. The summed E-state index contributed by atoms with van der Waals surface area (Å²) in [7, 11) is 0. The Bertz CT molecular complexity index is 747. The Labute approximate surface area is 149 Å². The van der Waals surface area contributed by atoms with Crippen LogP contribution in [-0.4, -0.2) is 24.2 Å². The second-order valence-electron chi connectivity index (χ2n) is 5.33. The molecule has 2 rings (SSSR count). The van der Waals surface area contributed by atoms with Gasteiger partial charge in [-0.3, -0.25) is 20.4 Å². The number of hydrogen-bond donors (Lipinski definition) is 2. The fourth-order valence-electron chi connectivity index (χ4n) is 2.08. The molecular weight excluding hydrogens is 343 g/mol. The van der Waals surface area contributed by atoms with Gasteiger partial charge in [0.05, 0.1) is 5.75 Å². The zero-order valence-electron chi connectivity index (χ0n) is 14.0. The number of rotatable bonds is 6. The van der Waals surface area contributed by atoms with E-state index in [0.29, 0.717) is 10.6 Å². The van der Waals surface area contributed by atoms with Crippen LogP contribution in [0.1, 0.15) is 11.1 Å². The van der Waals surface area contributed by atoms with Crippen LogP contribution in [0.2, 0.25) is 0 Å². The highest BCUT2D eigenvalue weighted by molar-refractivity contribution is 8.00. The minimum atomic E-state index is -0.480. The summed E-state index contributed by atoms with van der Waals surface area (Å²) < 4.78 is 18.9. The second-order valence-corrected chi connectivity index (χ2v) is 6.34. The summed E-state index contributed by atoms with van der Waals surface area (Å²) in [6, 6.07) is 11.9. The number of thioether (sulfide) groups is 1. The molecule has 2 N–H and O–H groups in total. The summed E-state index contributed by atoms with van der Waals surface area (Å²) in [4.78, 5) is 23.8.